The molecule has 240 valence electrons. The van der Waals surface area contributed by atoms with Gasteiger partial charge in [0.05, 0.1) is 13.2 Å². The Kier molecular flexibility index (Phi) is 24.5. The molecule has 11 nitrogen and oxygen atoms in total. The van der Waals surface area contributed by atoms with E-state index in [1.165, 1.54) is 0 Å². The standard InChI is InChI=1S/C30H50NO10P/c1-3-5-6-7-8-9-10-11-12-13-14-15-16-17-18-19-20-22-29(33)41-26(23-38-28(32)21-4-2)24-39-42(36,37)40-25-27(31)30(34)35/h5-6,8-9,11-12,14-15,26-27H,3-4,7,10,13,16-25,31H2,1-2H3,(H,34,35)(H,36,37)/b6-5-,9-8-,12-11-,15-14-. The molecule has 0 amide bonds. The Hall–Kier alpha value is -2.56. The van der Waals surface area contributed by atoms with Gasteiger partial charge in [0.1, 0.15) is 12.6 Å². The van der Waals surface area contributed by atoms with Crippen molar-refractivity contribution in [2.45, 2.75) is 103 Å². The lowest BCUT2D eigenvalue weighted by Gasteiger charge is -2.20. The summed E-state index contributed by atoms with van der Waals surface area (Å²) in [6, 6.07) is -1.52. The molecular formula is C30H50NO10P. The van der Waals surface area contributed by atoms with Crippen LogP contribution >= 0.6 is 7.82 Å². The molecule has 4 N–H and O–H groups in total. The van der Waals surface area contributed by atoms with Gasteiger partial charge in [0.25, 0.3) is 0 Å². The Labute approximate surface area is 250 Å². The van der Waals surface area contributed by atoms with Crippen molar-refractivity contribution < 1.29 is 47.5 Å². The van der Waals surface area contributed by atoms with Crippen LogP contribution < -0.4 is 5.73 Å². The monoisotopic (exact) mass is 615 g/mol. The molecule has 0 rings (SSSR count). The van der Waals surface area contributed by atoms with E-state index in [2.05, 4.69) is 60.1 Å². The smallest absolute Gasteiger partial charge is 0.472 e. The lowest BCUT2D eigenvalue weighted by molar-refractivity contribution is -0.161. The normalized spacial score (nSPS) is 15.0. The van der Waals surface area contributed by atoms with Gasteiger partial charge in [0.15, 0.2) is 6.10 Å². The van der Waals surface area contributed by atoms with Crippen molar-refractivity contribution in [2.75, 3.05) is 19.8 Å². The molecule has 0 fully saturated rings. The zero-order chi connectivity index (χ0) is 31.5. The lowest BCUT2D eigenvalue weighted by Crippen LogP contribution is -2.34. The molecule has 0 aromatic heterocycles. The van der Waals surface area contributed by atoms with Crippen molar-refractivity contribution in [3.63, 3.8) is 0 Å². The van der Waals surface area contributed by atoms with Crippen LogP contribution in [0.3, 0.4) is 0 Å². The maximum atomic E-state index is 12.3. The van der Waals surface area contributed by atoms with E-state index in [9.17, 15) is 23.8 Å². The third-order valence-electron chi connectivity index (χ3n) is 5.56. The van der Waals surface area contributed by atoms with Gasteiger partial charge < -0.3 is 25.2 Å². The van der Waals surface area contributed by atoms with Gasteiger partial charge in [-0.1, -0.05) is 75.3 Å². The Bertz CT molecular complexity index is 916. The number of hydrogen-bond donors (Lipinski definition) is 3. The van der Waals surface area contributed by atoms with E-state index in [0.717, 1.165) is 51.4 Å². The SMILES string of the molecule is CC/C=C\C/C=C\C/C=C\C/C=C\CCCCCCC(=O)OC(COC(=O)CCC)COP(=O)(O)OCC(N)C(=O)O. The summed E-state index contributed by atoms with van der Waals surface area (Å²) in [5.41, 5.74) is 5.24. The summed E-state index contributed by atoms with van der Waals surface area (Å²) in [5.74, 6) is -2.49. The summed E-state index contributed by atoms with van der Waals surface area (Å²) in [6.07, 6.45) is 25.2. The second kappa shape index (κ2) is 26.1. The van der Waals surface area contributed by atoms with E-state index in [4.69, 9.17) is 24.8 Å². The van der Waals surface area contributed by atoms with E-state index in [0.29, 0.717) is 12.8 Å². The van der Waals surface area contributed by atoms with Crippen LogP contribution in [0.1, 0.15) is 90.9 Å². The van der Waals surface area contributed by atoms with E-state index < -0.39 is 51.1 Å². The molecule has 0 aromatic carbocycles. The Morgan fingerprint density at radius 1 is 0.762 bits per heavy atom. The molecular weight excluding hydrogens is 565 g/mol. The van der Waals surface area contributed by atoms with Gasteiger partial charge in [0, 0.05) is 12.8 Å². The van der Waals surface area contributed by atoms with Crippen LogP contribution in [-0.4, -0.2) is 59.9 Å². The molecule has 42 heavy (non-hydrogen) atoms. The molecule has 0 spiro atoms. The predicted octanol–water partition coefficient (Wildman–Crippen LogP) is 5.93. The summed E-state index contributed by atoms with van der Waals surface area (Å²) in [5, 5.41) is 8.75. The molecule has 0 aliphatic heterocycles. The zero-order valence-corrected chi connectivity index (χ0v) is 26.0. The minimum absolute atomic E-state index is 0.129. The summed E-state index contributed by atoms with van der Waals surface area (Å²) in [7, 11) is -4.69. The molecule has 3 unspecified atom stereocenters. The number of ether oxygens (including phenoxy) is 2. The number of carboxylic acids is 1. The number of unbranched alkanes of at least 4 members (excludes halogenated alkanes) is 4. The maximum Gasteiger partial charge on any atom is 0.472 e. The molecule has 0 bridgehead atoms. The van der Waals surface area contributed by atoms with Gasteiger partial charge in [0.2, 0.25) is 0 Å². The maximum absolute atomic E-state index is 12.3. The van der Waals surface area contributed by atoms with Gasteiger partial charge >= 0.3 is 25.7 Å². The first-order chi connectivity index (χ1) is 20.1. The van der Waals surface area contributed by atoms with Crippen molar-refractivity contribution in [1.82, 2.24) is 0 Å². The minimum Gasteiger partial charge on any atom is -0.480 e. The lowest BCUT2D eigenvalue weighted by atomic mass is 10.1. The van der Waals surface area contributed by atoms with Gasteiger partial charge in [-0.05, 0) is 51.4 Å². The Balaban J connectivity index is 4.30. The average molecular weight is 616 g/mol. The minimum atomic E-state index is -4.69. The average Bonchev–Trinajstić information content (AvgIpc) is 2.95. The highest BCUT2D eigenvalue weighted by Crippen LogP contribution is 2.43. The first kappa shape index (κ1) is 39.4. The van der Waals surface area contributed by atoms with E-state index in [1.54, 1.807) is 6.92 Å². The third-order valence-corrected chi connectivity index (χ3v) is 6.51. The third kappa shape index (κ3) is 25.2. The highest BCUT2D eigenvalue weighted by atomic mass is 31.2. The number of esters is 2. The van der Waals surface area contributed by atoms with Crippen LogP contribution in [0.4, 0.5) is 0 Å². The second-order valence-electron chi connectivity index (χ2n) is 9.50. The predicted molar refractivity (Wildman–Crippen MR) is 161 cm³/mol. The molecule has 0 saturated heterocycles. The van der Waals surface area contributed by atoms with Crippen LogP contribution in [0, 0.1) is 0 Å². The highest BCUT2D eigenvalue weighted by Gasteiger charge is 2.28. The fourth-order valence-electron chi connectivity index (χ4n) is 3.27. The number of phosphoric acid groups is 1. The second-order valence-corrected chi connectivity index (χ2v) is 11.0. The van der Waals surface area contributed by atoms with Crippen molar-refractivity contribution >= 4 is 25.7 Å². The van der Waals surface area contributed by atoms with Crippen LogP contribution in [0.15, 0.2) is 48.6 Å². The number of allylic oxidation sites excluding steroid dienone is 8. The Morgan fingerprint density at radius 2 is 1.33 bits per heavy atom. The Morgan fingerprint density at radius 3 is 1.93 bits per heavy atom. The van der Waals surface area contributed by atoms with Crippen LogP contribution in [-0.2, 0) is 37.5 Å². The van der Waals surface area contributed by atoms with Crippen LogP contribution in [0.25, 0.3) is 0 Å². The molecule has 0 radical (unpaired) electrons. The number of aliphatic carboxylic acids is 1. The highest BCUT2D eigenvalue weighted by molar-refractivity contribution is 7.47. The number of carboxylic acid groups (broad SMARTS) is 1. The molecule has 0 saturated carbocycles. The number of carbonyl (C=O) groups excluding carboxylic acids is 2. The summed E-state index contributed by atoms with van der Waals surface area (Å²) >= 11 is 0. The number of nitrogens with two attached hydrogens (primary N) is 1. The van der Waals surface area contributed by atoms with Gasteiger partial charge in [-0.2, -0.15) is 0 Å². The first-order valence-electron chi connectivity index (χ1n) is 14.7. The van der Waals surface area contributed by atoms with Gasteiger partial charge in [-0.15, -0.1) is 0 Å². The first-order valence-corrected chi connectivity index (χ1v) is 16.2. The molecule has 3 atom stereocenters. The van der Waals surface area contributed by atoms with Gasteiger partial charge in [-0.3, -0.25) is 23.4 Å². The van der Waals surface area contributed by atoms with Crippen LogP contribution in [0.5, 0.6) is 0 Å². The number of phosphoric ester groups is 1. The van der Waals surface area contributed by atoms with E-state index >= 15 is 0 Å². The van der Waals surface area contributed by atoms with Crippen molar-refractivity contribution in [1.29, 1.82) is 0 Å². The van der Waals surface area contributed by atoms with E-state index in [-0.39, 0.29) is 19.4 Å². The molecule has 0 aromatic rings. The summed E-state index contributed by atoms with van der Waals surface area (Å²) in [4.78, 5) is 44.5. The zero-order valence-electron chi connectivity index (χ0n) is 25.1. The topological polar surface area (TPSA) is 172 Å². The van der Waals surface area contributed by atoms with E-state index in [1.807, 2.05) is 0 Å². The summed E-state index contributed by atoms with van der Waals surface area (Å²) < 4.78 is 31.7. The molecule has 0 aliphatic carbocycles. The quantitative estimate of drug-likeness (QED) is 0.0455. The summed E-state index contributed by atoms with van der Waals surface area (Å²) in [6.45, 7) is 2.19. The number of carbonyl (C=O) groups is 3. The molecule has 0 heterocycles. The van der Waals surface area contributed by atoms with Crippen LogP contribution in [0.2, 0.25) is 0 Å². The molecule has 0 aliphatic rings. The fraction of sp³-hybridized carbons (Fsp3) is 0.633. The fourth-order valence-corrected chi connectivity index (χ4v) is 4.04. The molecule has 12 heteroatoms. The number of rotatable bonds is 26. The van der Waals surface area contributed by atoms with Gasteiger partial charge in [-0.25, -0.2) is 4.57 Å². The number of hydrogen-bond acceptors (Lipinski definition) is 9. The van der Waals surface area contributed by atoms with Crippen molar-refractivity contribution in [3.8, 4) is 0 Å². The largest absolute Gasteiger partial charge is 0.480 e. The van der Waals surface area contributed by atoms with Crippen molar-refractivity contribution in [3.05, 3.63) is 48.6 Å². The van der Waals surface area contributed by atoms with Crippen molar-refractivity contribution in [2.24, 2.45) is 5.73 Å².